The topological polar surface area (TPSA) is 80.7 Å². The number of unbranched alkanes of at least 4 members (excludes halogenated alkanes) is 10. The maximum Gasteiger partial charge on any atom is 0.311 e. The van der Waals surface area contributed by atoms with Crippen LogP contribution in [0.25, 0.3) is 0 Å². The number of rotatable bonds is 22. The van der Waals surface area contributed by atoms with E-state index in [0.29, 0.717) is 31.7 Å². The second-order valence-corrected chi connectivity index (χ2v) is 11.0. The maximum absolute atomic E-state index is 12.4. The largest absolute Gasteiger partial charge is 0.481 e. The Morgan fingerprint density at radius 2 is 1.09 bits per heavy atom. The molecule has 0 aromatic heterocycles. The van der Waals surface area contributed by atoms with E-state index in [1.54, 1.807) is 13.8 Å². The highest BCUT2D eigenvalue weighted by atomic mass is 16.5. The molecular weight excluding hydrogens is 416 g/mol. The molecule has 0 amide bonds. The molecule has 1 N–H and O–H groups in total. The Kier molecular flexibility index (Phi) is 17.2. The van der Waals surface area contributed by atoms with E-state index < -0.39 is 16.8 Å². The van der Waals surface area contributed by atoms with Crippen molar-refractivity contribution in [3.63, 3.8) is 0 Å². The molecule has 0 heterocycles. The van der Waals surface area contributed by atoms with Crippen LogP contribution in [0, 0.1) is 10.8 Å². The molecule has 0 saturated heterocycles. The van der Waals surface area contributed by atoms with Crippen molar-refractivity contribution in [2.24, 2.45) is 10.8 Å². The molecular formula is C28H52O5. The van der Waals surface area contributed by atoms with Crippen molar-refractivity contribution in [3.8, 4) is 0 Å². The van der Waals surface area contributed by atoms with Crippen molar-refractivity contribution in [2.45, 2.75) is 144 Å². The lowest BCUT2D eigenvalue weighted by molar-refractivity contribution is -0.154. The summed E-state index contributed by atoms with van der Waals surface area (Å²) in [5, 5.41) is 9.12. The van der Waals surface area contributed by atoms with Gasteiger partial charge < -0.3 is 9.84 Å². The molecule has 0 fully saturated rings. The lowest BCUT2D eigenvalue weighted by atomic mass is 9.86. The molecule has 0 aromatic carbocycles. The summed E-state index contributed by atoms with van der Waals surface area (Å²) in [6, 6.07) is 0. The number of hydrogen-bond acceptors (Lipinski definition) is 4. The molecule has 0 aliphatic rings. The molecule has 0 bridgehead atoms. The van der Waals surface area contributed by atoms with Gasteiger partial charge in [0, 0.05) is 12.8 Å². The van der Waals surface area contributed by atoms with Crippen molar-refractivity contribution in [1.29, 1.82) is 0 Å². The molecule has 5 heteroatoms. The molecule has 0 spiro atoms. The second kappa shape index (κ2) is 18.0. The van der Waals surface area contributed by atoms with E-state index in [1.807, 2.05) is 13.8 Å². The van der Waals surface area contributed by atoms with Crippen LogP contribution in [0.15, 0.2) is 0 Å². The minimum Gasteiger partial charge on any atom is -0.481 e. The van der Waals surface area contributed by atoms with Crippen molar-refractivity contribution >= 4 is 17.7 Å². The number of esters is 1. The Morgan fingerprint density at radius 1 is 0.636 bits per heavy atom. The third-order valence-corrected chi connectivity index (χ3v) is 6.63. The lowest BCUT2D eigenvalue weighted by Gasteiger charge is -2.22. The van der Waals surface area contributed by atoms with Crippen LogP contribution in [-0.4, -0.2) is 29.4 Å². The zero-order valence-corrected chi connectivity index (χ0v) is 22.3. The first-order chi connectivity index (χ1) is 15.5. The van der Waals surface area contributed by atoms with Gasteiger partial charge in [-0.1, -0.05) is 71.1 Å². The number of carboxylic acids is 1. The number of ketones is 1. The highest BCUT2D eigenvalue weighted by Crippen LogP contribution is 2.26. The fourth-order valence-electron chi connectivity index (χ4n) is 3.89. The van der Waals surface area contributed by atoms with Gasteiger partial charge in [-0.2, -0.15) is 0 Å². The van der Waals surface area contributed by atoms with Gasteiger partial charge in [-0.15, -0.1) is 0 Å². The SMILES string of the molecule is CCCCCCCCCOC(=O)C(C)(C)CCCCCC(=O)CCCCCC(C)(C)C(=O)O. The zero-order valence-electron chi connectivity index (χ0n) is 22.3. The van der Waals surface area contributed by atoms with Crippen LogP contribution in [0.1, 0.15) is 144 Å². The molecule has 0 saturated carbocycles. The minimum absolute atomic E-state index is 0.101. The van der Waals surface area contributed by atoms with E-state index in [-0.39, 0.29) is 5.97 Å². The fourth-order valence-corrected chi connectivity index (χ4v) is 3.89. The van der Waals surface area contributed by atoms with E-state index in [4.69, 9.17) is 9.84 Å². The molecule has 194 valence electrons. The minimum atomic E-state index is -0.761. The van der Waals surface area contributed by atoms with Gasteiger partial charge in [0.15, 0.2) is 0 Å². The first kappa shape index (κ1) is 31.6. The number of carboxylic acid groups (broad SMARTS) is 1. The maximum atomic E-state index is 12.4. The van der Waals surface area contributed by atoms with E-state index >= 15 is 0 Å². The fraction of sp³-hybridized carbons (Fsp3) is 0.893. The standard InChI is InChI=1S/C28H52O5/c1-6-7-8-9-10-11-18-23-33-26(32)28(4,5)22-17-13-15-20-24(29)19-14-12-16-21-27(2,3)25(30)31/h6-23H2,1-5H3,(H,30,31). The molecule has 0 unspecified atom stereocenters. The first-order valence-electron chi connectivity index (χ1n) is 13.5. The Morgan fingerprint density at radius 3 is 1.61 bits per heavy atom. The summed E-state index contributed by atoms with van der Waals surface area (Å²) in [5.74, 6) is -0.570. The lowest BCUT2D eigenvalue weighted by Crippen LogP contribution is -2.27. The number of aliphatic carboxylic acids is 1. The van der Waals surface area contributed by atoms with Gasteiger partial charge in [0.05, 0.1) is 17.4 Å². The van der Waals surface area contributed by atoms with Gasteiger partial charge in [-0.05, 0) is 59.8 Å². The second-order valence-electron chi connectivity index (χ2n) is 11.0. The number of Topliss-reactive ketones (excluding diaryl/α,β-unsaturated/α-hetero) is 1. The molecule has 0 radical (unpaired) electrons. The predicted octanol–water partition coefficient (Wildman–Crippen LogP) is 7.89. The van der Waals surface area contributed by atoms with Crippen LogP contribution >= 0.6 is 0 Å². The van der Waals surface area contributed by atoms with E-state index in [9.17, 15) is 14.4 Å². The van der Waals surface area contributed by atoms with Gasteiger partial charge in [0.1, 0.15) is 5.78 Å². The van der Waals surface area contributed by atoms with Crippen LogP contribution in [0.3, 0.4) is 0 Å². The average molecular weight is 469 g/mol. The highest BCUT2D eigenvalue weighted by molar-refractivity contribution is 5.78. The summed E-state index contributed by atoms with van der Waals surface area (Å²) < 4.78 is 5.50. The molecule has 0 aliphatic carbocycles. The Balaban J connectivity index is 3.74. The van der Waals surface area contributed by atoms with Crippen molar-refractivity contribution in [3.05, 3.63) is 0 Å². The number of ether oxygens (including phenoxy) is 1. The van der Waals surface area contributed by atoms with Crippen LogP contribution < -0.4 is 0 Å². The number of carbonyl (C=O) groups is 3. The zero-order chi connectivity index (χ0) is 25.2. The molecule has 33 heavy (non-hydrogen) atoms. The van der Waals surface area contributed by atoms with Crippen LogP contribution in [0.4, 0.5) is 0 Å². The van der Waals surface area contributed by atoms with E-state index in [2.05, 4.69) is 6.92 Å². The van der Waals surface area contributed by atoms with E-state index in [1.165, 1.54) is 32.1 Å². The van der Waals surface area contributed by atoms with Crippen molar-refractivity contribution in [2.75, 3.05) is 6.61 Å². The van der Waals surface area contributed by atoms with Crippen molar-refractivity contribution in [1.82, 2.24) is 0 Å². The Hall–Kier alpha value is -1.39. The van der Waals surface area contributed by atoms with Crippen LogP contribution in [0.5, 0.6) is 0 Å². The summed E-state index contributed by atoms with van der Waals surface area (Å²) in [6.45, 7) is 10.2. The third kappa shape index (κ3) is 16.8. The Labute approximate surface area is 203 Å². The normalized spacial score (nSPS) is 12.0. The molecule has 5 nitrogen and oxygen atoms in total. The summed E-state index contributed by atoms with van der Waals surface area (Å²) >= 11 is 0. The summed E-state index contributed by atoms with van der Waals surface area (Å²) in [4.78, 5) is 35.5. The van der Waals surface area contributed by atoms with Gasteiger partial charge in [-0.3, -0.25) is 14.4 Å². The average Bonchev–Trinajstić information content (AvgIpc) is 2.74. The summed E-state index contributed by atoms with van der Waals surface area (Å²) in [6.07, 6.45) is 16.4. The predicted molar refractivity (Wildman–Crippen MR) is 135 cm³/mol. The molecule has 0 rings (SSSR count). The van der Waals surface area contributed by atoms with E-state index in [0.717, 1.165) is 57.8 Å². The van der Waals surface area contributed by atoms with Crippen LogP contribution in [0.2, 0.25) is 0 Å². The molecule has 0 atom stereocenters. The quantitative estimate of drug-likeness (QED) is 0.129. The van der Waals surface area contributed by atoms with Crippen molar-refractivity contribution < 1.29 is 24.2 Å². The van der Waals surface area contributed by atoms with Gasteiger partial charge in [0.25, 0.3) is 0 Å². The highest BCUT2D eigenvalue weighted by Gasteiger charge is 2.28. The molecule has 0 aliphatic heterocycles. The molecule has 0 aromatic rings. The monoisotopic (exact) mass is 468 g/mol. The third-order valence-electron chi connectivity index (χ3n) is 6.63. The summed E-state index contributed by atoms with van der Waals surface area (Å²) in [5.41, 5.74) is -1.15. The smallest absolute Gasteiger partial charge is 0.311 e. The van der Waals surface area contributed by atoms with Gasteiger partial charge >= 0.3 is 11.9 Å². The summed E-state index contributed by atoms with van der Waals surface area (Å²) in [7, 11) is 0. The van der Waals surface area contributed by atoms with Crippen LogP contribution in [-0.2, 0) is 19.1 Å². The number of carbonyl (C=O) groups excluding carboxylic acids is 2. The first-order valence-corrected chi connectivity index (χ1v) is 13.5. The number of hydrogen-bond donors (Lipinski definition) is 1. The Bertz CT molecular complexity index is 550. The van der Waals surface area contributed by atoms with Gasteiger partial charge in [0.2, 0.25) is 0 Å². The van der Waals surface area contributed by atoms with Gasteiger partial charge in [-0.25, -0.2) is 0 Å².